The number of rotatable bonds is 10. The standard InChI is InChI=1S/C28H38ClN3O3/c1-34-24-9-6-22(7-10-24)21-32-18-12-25(13-19-32)35-27-11-8-23(20-26(27)29)28(33)30-14-5-17-31-15-3-2-4-16-31/h6-11,20,25H,2-5,12-19,21H2,1H3,(H,30,33). The number of ether oxygens (including phenoxy) is 2. The maximum absolute atomic E-state index is 12.5. The molecule has 0 spiro atoms. The Bertz CT molecular complexity index is 939. The summed E-state index contributed by atoms with van der Waals surface area (Å²) in [7, 11) is 1.69. The molecule has 0 bridgehead atoms. The number of amides is 1. The van der Waals surface area contributed by atoms with Crippen LogP contribution in [0.2, 0.25) is 5.02 Å². The molecule has 7 heteroatoms. The van der Waals surface area contributed by atoms with Crippen molar-refractivity contribution in [1.82, 2.24) is 15.1 Å². The van der Waals surface area contributed by atoms with Gasteiger partial charge in [-0.25, -0.2) is 0 Å². The van der Waals surface area contributed by atoms with Crippen LogP contribution in [0.5, 0.6) is 11.5 Å². The zero-order chi connectivity index (χ0) is 24.5. The van der Waals surface area contributed by atoms with Crippen LogP contribution in [-0.4, -0.2) is 68.2 Å². The summed E-state index contributed by atoms with van der Waals surface area (Å²) in [5.41, 5.74) is 1.86. The van der Waals surface area contributed by atoms with Gasteiger partial charge in [0.25, 0.3) is 5.91 Å². The first kappa shape index (κ1) is 25.8. The molecule has 4 rings (SSSR count). The largest absolute Gasteiger partial charge is 0.497 e. The summed E-state index contributed by atoms with van der Waals surface area (Å²) in [4.78, 5) is 17.5. The Morgan fingerprint density at radius 3 is 2.43 bits per heavy atom. The summed E-state index contributed by atoms with van der Waals surface area (Å²) in [6.45, 7) is 6.99. The van der Waals surface area contributed by atoms with Crippen molar-refractivity contribution in [1.29, 1.82) is 0 Å². The lowest BCUT2D eigenvalue weighted by molar-refractivity contribution is 0.0948. The molecule has 0 radical (unpaired) electrons. The maximum atomic E-state index is 12.5. The van der Waals surface area contributed by atoms with Crippen LogP contribution in [0.15, 0.2) is 42.5 Å². The fourth-order valence-corrected chi connectivity index (χ4v) is 5.11. The van der Waals surface area contributed by atoms with E-state index in [0.29, 0.717) is 22.9 Å². The molecule has 0 aromatic heterocycles. The fraction of sp³-hybridized carbons (Fsp3) is 0.536. The van der Waals surface area contributed by atoms with E-state index in [2.05, 4.69) is 27.2 Å². The van der Waals surface area contributed by atoms with Crippen LogP contribution in [0.4, 0.5) is 0 Å². The van der Waals surface area contributed by atoms with Crippen molar-refractivity contribution in [2.24, 2.45) is 0 Å². The quantitative estimate of drug-likeness (QED) is 0.466. The molecule has 6 nitrogen and oxygen atoms in total. The van der Waals surface area contributed by atoms with Gasteiger partial charge in [0.05, 0.1) is 12.1 Å². The van der Waals surface area contributed by atoms with Gasteiger partial charge in [-0.15, -0.1) is 0 Å². The molecular weight excluding hydrogens is 462 g/mol. The minimum absolute atomic E-state index is 0.0797. The van der Waals surface area contributed by atoms with E-state index in [1.165, 1.54) is 37.9 Å². The van der Waals surface area contributed by atoms with Gasteiger partial charge in [-0.1, -0.05) is 30.2 Å². The van der Waals surface area contributed by atoms with Crippen molar-refractivity contribution < 1.29 is 14.3 Å². The Labute approximate surface area is 214 Å². The predicted molar refractivity (Wildman–Crippen MR) is 141 cm³/mol. The lowest BCUT2D eigenvalue weighted by atomic mass is 10.1. The van der Waals surface area contributed by atoms with Crippen molar-refractivity contribution >= 4 is 17.5 Å². The predicted octanol–water partition coefficient (Wildman–Crippen LogP) is 5.00. The average molecular weight is 500 g/mol. The van der Waals surface area contributed by atoms with E-state index in [1.807, 2.05) is 18.2 Å². The van der Waals surface area contributed by atoms with Gasteiger partial charge in [0.15, 0.2) is 0 Å². The lowest BCUT2D eigenvalue weighted by Gasteiger charge is -2.32. The molecule has 2 saturated heterocycles. The van der Waals surface area contributed by atoms with Crippen LogP contribution in [0.1, 0.15) is 54.4 Å². The third-order valence-corrected chi connectivity index (χ3v) is 7.27. The van der Waals surface area contributed by atoms with Crippen molar-refractivity contribution in [3.63, 3.8) is 0 Å². The van der Waals surface area contributed by atoms with E-state index in [4.69, 9.17) is 21.1 Å². The number of nitrogens with zero attached hydrogens (tertiary/aromatic N) is 2. The van der Waals surface area contributed by atoms with Gasteiger partial charge >= 0.3 is 0 Å². The Hall–Kier alpha value is -2.28. The summed E-state index contributed by atoms with van der Waals surface area (Å²) in [6.07, 6.45) is 6.94. The Morgan fingerprint density at radius 1 is 1.00 bits per heavy atom. The highest BCUT2D eigenvalue weighted by Gasteiger charge is 2.22. The van der Waals surface area contributed by atoms with Gasteiger partial charge in [0.2, 0.25) is 0 Å². The van der Waals surface area contributed by atoms with Crippen LogP contribution < -0.4 is 14.8 Å². The zero-order valence-electron chi connectivity index (χ0n) is 20.8. The first-order chi connectivity index (χ1) is 17.1. The van der Waals surface area contributed by atoms with E-state index in [9.17, 15) is 4.79 Å². The molecule has 2 heterocycles. The highest BCUT2D eigenvalue weighted by atomic mass is 35.5. The molecule has 2 aromatic rings. The van der Waals surface area contributed by atoms with Gasteiger partial charge in [-0.3, -0.25) is 9.69 Å². The van der Waals surface area contributed by atoms with Gasteiger partial charge in [-0.05, 0) is 87.6 Å². The molecular formula is C28H38ClN3O3. The molecule has 1 amide bonds. The Kier molecular flexibility index (Phi) is 9.69. The lowest BCUT2D eigenvalue weighted by Crippen LogP contribution is -2.37. The van der Waals surface area contributed by atoms with E-state index in [0.717, 1.165) is 51.2 Å². The second-order valence-electron chi connectivity index (χ2n) is 9.60. The SMILES string of the molecule is COc1ccc(CN2CCC(Oc3ccc(C(=O)NCCCN4CCCCC4)cc3Cl)CC2)cc1. The first-order valence-corrected chi connectivity index (χ1v) is 13.3. The number of likely N-dealkylation sites (tertiary alicyclic amines) is 2. The van der Waals surface area contributed by atoms with Crippen LogP contribution in [0.25, 0.3) is 0 Å². The normalized spacial score (nSPS) is 17.8. The van der Waals surface area contributed by atoms with E-state index < -0.39 is 0 Å². The number of hydrogen-bond acceptors (Lipinski definition) is 5. The summed E-state index contributed by atoms with van der Waals surface area (Å²) >= 11 is 6.48. The van der Waals surface area contributed by atoms with E-state index in [-0.39, 0.29) is 12.0 Å². The number of benzene rings is 2. The number of carbonyl (C=O) groups is 1. The molecule has 35 heavy (non-hydrogen) atoms. The van der Waals surface area contributed by atoms with Crippen molar-refractivity contribution in [2.45, 2.75) is 51.2 Å². The molecule has 2 fully saturated rings. The monoisotopic (exact) mass is 499 g/mol. The number of halogens is 1. The number of hydrogen-bond donors (Lipinski definition) is 1. The van der Waals surface area contributed by atoms with Crippen LogP contribution in [-0.2, 0) is 6.54 Å². The van der Waals surface area contributed by atoms with Crippen LogP contribution >= 0.6 is 11.6 Å². The topological polar surface area (TPSA) is 54.0 Å². The van der Waals surface area contributed by atoms with E-state index in [1.54, 1.807) is 19.2 Å². The molecule has 190 valence electrons. The van der Waals surface area contributed by atoms with Crippen molar-refractivity contribution in [2.75, 3.05) is 46.4 Å². The first-order valence-electron chi connectivity index (χ1n) is 12.9. The molecule has 1 N–H and O–H groups in total. The molecule has 0 atom stereocenters. The molecule has 0 aliphatic carbocycles. The van der Waals surface area contributed by atoms with Gasteiger partial charge in [0, 0.05) is 31.7 Å². The highest BCUT2D eigenvalue weighted by molar-refractivity contribution is 6.32. The smallest absolute Gasteiger partial charge is 0.251 e. The second-order valence-corrected chi connectivity index (χ2v) is 10.0. The fourth-order valence-electron chi connectivity index (χ4n) is 4.88. The van der Waals surface area contributed by atoms with Crippen LogP contribution in [0.3, 0.4) is 0 Å². The summed E-state index contributed by atoms with van der Waals surface area (Å²) < 4.78 is 11.4. The molecule has 2 aliphatic heterocycles. The molecule has 0 unspecified atom stereocenters. The number of methoxy groups -OCH3 is 1. The van der Waals surface area contributed by atoms with Gasteiger partial charge < -0.3 is 19.7 Å². The summed E-state index contributed by atoms with van der Waals surface area (Å²) in [5.74, 6) is 1.46. The highest BCUT2D eigenvalue weighted by Crippen LogP contribution is 2.29. The van der Waals surface area contributed by atoms with Gasteiger partial charge in [-0.2, -0.15) is 0 Å². The number of piperidine rings is 2. The minimum atomic E-state index is -0.0797. The number of nitrogens with one attached hydrogen (secondary N) is 1. The zero-order valence-corrected chi connectivity index (χ0v) is 21.6. The van der Waals surface area contributed by atoms with Crippen LogP contribution in [0, 0.1) is 0 Å². The Balaban J connectivity index is 1.18. The van der Waals surface area contributed by atoms with Gasteiger partial charge in [0.1, 0.15) is 17.6 Å². The third kappa shape index (κ3) is 7.86. The Morgan fingerprint density at radius 2 is 1.74 bits per heavy atom. The third-order valence-electron chi connectivity index (χ3n) is 6.97. The molecule has 2 aromatic carbocycles. The minimum Gasteiger partial charge on any atom is -0.497 e. The van der Waals surface area contributed by atoms with Crippen molar-refractivity contribution in [3.05, 3.63) is 58.6 Å². The van der Waals surface area contributed by atoms with E-state index >= 15 is 0 Å². The van der Waals surface area contributed by atoms with Crippen molar-refractivity contribution in [3.8, 4) is 11.5 Å². The molecule has 2 aliphatic rings. The summed E-state index contributed by atoms with van der Waals surface area (Å²) in [5, 5.41) is 3.51. The maximum Gasteiger partial charge on any atom is 0.251 e. The summed E-state index contributed by atoms with van der Waals surface area (Å²) in [6, 6.07) is 13.6. The number of carbonyl (C=O) groups excluding carboxylic acids is 1. The second kappa shape index (κ2) is 13.1. The average Bonchev–Trinajstić information content (AvgIpc) is 2.90. The molecule has 0 saturated carbocycles.